The summed E-state index contributed by atoms with van der Waals surface area (Å²) in [6.45, 7) is 10.0. The van der Waals surface area contributed by atoms with E-state index in [1.165, 1.54) is 18.4 Å². The number of amides is 1. The molecular formula is C21H23N3O3S. The van der Waals surface area contributed by atoms with Crippen molar-refractivity contribution < 1.29 is 14.3 Å². The van der Waals surface area contributed by atoms with Crippen LogP contribution in [0, 0.1) is 13.8 Å². The van der Waals surface area contributed by atoms with Gasteiger partial charge in [-0.3, -0.25) is 4.79 Å². The standard InChI is InChI=1S/C21H23N3O3S/c1-11-15-12(2)22-20(21(3,4)5)24-18(15)28-16(11)17(25)23-14-9-7-8-13(10-14)19(26)27-6/h7-10H,1-6H3,(H,23,25). The lowest BCUT2D eigenvalue weighted by atomic mass is 9.95. The van der Waals surface area contributed by atoms with Crippen LogP contribution in [0.15, 0.2) is 24.3 Å². The summed E-state index contributed by atoms with van der Waals surface area (Å²) in [7, 11) is 1.32. The van der Waals surface area contributed by atoms with Crippen molar-refractivity contribution in [3.05, 3.63) is 51.8 Å². The third kappa shape index (κ3) is 3.75. The second kappa shape index (κ2) is 7.31. The minimum absolute atomic E-state index is 0.173. The number of esters is 1. The lowest BCUT2D eigenvalue weighted by molar-refractivity contribution is 0.0600. The highest BCUT2D eigenvalue weighted by molar-refractivity contribution is 7.20. The molecule has 0 aliphatic rings. The van der Waals surface area contributed by atoms with Crippen molar-refractivity contribution in [2.24, 2.45) is 0 Å². The molecule has 7 heteroatoms. The Balaban J connectivity index is 1.97. The van der Waals surface area contributed by atoms with Crippen molar-refractivity contribution in [1.82, 2.24) is 9.97 Å². The number of benzene rings is 1. The van der Waals surface area contributed by atoms with E-state index in [-0.39, 0.29) is 11.3 Å². The van der Waals surface area contributed by atoms with Crippen LogP contribution in [0.4, 0.5) is 5.69 Å². The number of hydrogen-bond acceptors (Lipinski definition) is 6. The average Bonchev–Trinajstić information content (AvgIpc) is 2.98. The van der Waals surface area contributed by atoms with E-state index in [2.05, 4.69) is 31.1 Å². The average molecular weight is 398 g/mol. The van der Waals surface area contributed by atoms with Crippen LogP contribution < -0.4 is 5.32 Å². The summed E-state index contributed by atoms with van der Waals surface area (Å²) in [4.78, 5) is 35.3. The fraction of sp³-hybridized carbons (Fsp3) is 0.333. The molecule has 6 nitrogen and oxygen atoms in total. The molecule has 1 amide bonds. The molecular weight excluding hydrogens is 374 g/mol. The van der Waals surface area contributed by atoms with Gasteiger partial charge >= 0.3 is 5.97 Å². The van der Waals surface area contributed by atoms with Crippen LogP contribution in [0.5, 0.6) is 0 Å². The number of hydrogen-bond donors (Lipinski definition) is 1. The summed E-state index contributed by atoms with van der Waals surface area (Å²) >= 11 is 1.36. The number of methoxy groups -OCH3 is 1. The van der Waals surface area contributed by atoms with Crippen LogP contribution in [0.2, 0.25) is 0 Å². The van der Waals surface area contributed by atoms with E-state index >= 15 is 0 Å². The zero-order chi connectivity index (χ0) is 20.6. The molecule has 0 unspecified atom stereocenters. The molecule has 2 aromatic heterocycles. The number of aryl methyl sites for hydroxylation is 2. The van der Waals surface area contributed by atoms with Gasteiger partial charge in [-0.25, -0.2) is 14.8 Å². The highest BCUT2D eigenvalue weighted by Gasteiger charge is 2.23. The number of aromatic nitrogens is 2. The molecule has 0 fully saturated rings. The Morgan fingerprint density at radius 3 is 2.50 bits per heavy atom. The van der Waals surface area contributed by atoms with Gasteiger partial charge in [0.25, 0.3) is 5.91 Å². The van der Waals surface area contributed by atoms with Gasteiger partial charge in [-0.1, -0.05) is 26.8 Å². The van der Waals surface area contributed by atoms with Crippen molar-refractivity contribution in [2.75, 3.05) is 12.4 Å². The number of carbonyl (C=O) groups is 2. The van der Waals surface area contributed by atoms with Crippen molar-refractivity contribution >= 4 is 39.1 Å². The Labute approximate surface area is 168 Å². The molecule has 0 saturated heterocycles. The number of fused-ring (bicyclic) bond motifs is 1. The summed E-state index contributed by atoms with van der Waals surface area (Å²) in [6.07, 6.45) is 0. The largest absolute Gasteiger partial charge is 0.465 e. The Hall–Kier alpha value is -2.80. The van der Waals surface area contributed by atoms with Crippen molar-refractivity contribution in [3.8, 4) is 0 Å². The number of nitrogens with one attached hydrogen (secondary N) is 1. The summed E-state index contributed by atoms with van der Waals surface area (Å²) in [5.41, 5.74) is 2.47. The second-order valence-electron chi connectivity index (χ2n) is 7.65. The quantitative estimate of drug-likeness (QED) is 0.651. The Morgan fingerprint density at radius 2 is 1.86 bits per heavy atom. The van der Waals surface area contributed by atoms with Gasteiger partial charge in [-0.15, -0.1) is 11.3 Å². The zero-order valence-electron chi connectivity index (χ0n) is 16.8. The smallest absolute Gasteiger partial charge is 0.337 e. The monoisotopic (exact) mass is 397 g/mol. The van der Waals surface area contributed by atoms with Gasteiger partial charge in [-0.2, -0.15) is 0 Å². The molecule has 2 heterocycles. The third-order valence-corrected chi connectivity index (χ3v) is 5.57. The maximum atomic E-state index is 12.9. The SMILES string of the molecule is COC(=O)c1cccc(NC(=O)c2sc3nc(C(C)(C)C)nc(C)c3c2C)c1. The van der Waals surface area contributed by atoms with Gasteiger partial charge in [0.1, 0.15) is 10.7 Å². The van der Waals surface area contributed by atoms with E-state index in [1.807, 2.05) is 13.8 Å². The number of carbonyl (C=O) groups excluding carboxylic acids is 2. The van der Waals surface area contributed by atoms with Gasteiger partial charge in [-0.05, 0) is 37.6 Å². The number of nitrogens with zero attached hydrogens (tertiary/aromatic N) is 2. The fourth-order valence-electron chi connectivity index (χ4n) is 2.92. The van der Waals surface area contributed by atoms with Crippen LogP contribution in [0.3, 0.4) is 0 Å². The Morgan fingerprint density at radius 1 is 1.14 bits per heavy atom. The molecule has 0 saturated carbocycles. The molecule has 1 aromatic carbocycles. The maximum absolute atomic E-state index is 12.9. The number of ether oxygens (including phenoxy) is 1. The van der Waals surface area contributed by atoms with Crippen LogP contribution >= 0.6 is 11.3 Å². The van der Waals surface area contributed by atoms with Gasteiger partial charge < -0.3 is 10.1 Å². The topological polar surface area (TPSA) is 81.2 Å². The first-order valence-corrected chi connectivity index (χ1v) is 9.71. The third-order valence-electron chi connectivity index (χ3n) is 4.39. The molecule has 0 aliphatic heterocycles. The minimum atomic E-state index is -0.449. The molecule has 0 atom stereocenters. The fourth-order valence-corrected chi connectivity index (χ4v) is 4.05. The van der Waals surface area contributed by atoms with Crippen LogP contribution in [0.25, 0.3) is 10.2 Å². The first-order chi connectivity index (χ1) is 13.1. The summed E-state index contributed by atoms with van der Waals surface area (Å²) in [6, 6.07) is 6.66. The minimum Gasteiger partial charge on any atom is -0.465 e. The van der Waals surface area contributed by atoms with Gasteiger partial charge in [0.15, 0.2) is 0 Å². The Kier molecular flexibility index (Phi) is 5.21. The van der Waals surface area contributed by atoms with Crippen molar-refractivity contribution in [2.45, 2.75) is 40.0 Å². The second-order valence-corrected chi connectivity index (χ2v) is 8.64. The van der Waals surface area contributed by atoms with Gasteiger partial charge in [0.05, 0.1) is 23.2 Å². The number of thiophene rings is 1. The lowest BCUT2D eigenvalue weighted by Crippen LogP contribution is -2.16. The molecule has 1 N–H and O–H groups in total. The highest BCUT2D eigenvalue weighted by Crippen LogP contribution is 2.33. The van der Waals surface area contributed by atoms with E-state index in [0.717, 1.165) is 27.3 Å². The highest BCUT2D eigenvalue weighted by atomic mass is 32.1. The summed E-state index contributed by atoms with van der Waals surface area (Å²) < 4.78 is 4.73. The van der Waals surface area contributed by atoms with Gasteiger partial charge in [0.2, 0.25) is 0 Å². The normalized spacial score (nSPS) is 11.5. The van der Waals surface area contributed by atoms with E-state index in [4.69, 9.17) is 9.72 Å². The van der Waals surface area contributed by atoms with Crippen LogP contribution in [-0.4, -0.2) is 29.0 Å². The number of rotatable bonds is 3. The molecule has 146 valence electrons. The summed E-state index contributed by atoms with van der Waals surface area (Å²) in [5.74, 6) is 0.0745. The molecule has 3 rings (SSSR count). The predicted octanol–water partition coefficient (Wildman–Crippen LogP) is 4.64. The molecule has 0 aliphatic carbocycles. The maximum Gasteiger partial charge on any atom is 0.337 e. The Bertz CT molecular complexity index is 1080. The van der Waals surface area contributed by atoms with E-state index in [9.17, 15) is 9.59 Å². The lowest BCUT2D eigenvalue weighted by Gasteiger charge is -2.16. The van der Waals surface area contributed by atoms with E-state index < -0.39 is 5.97 Å². The summed E-state index contributed by atoms with van der Waals surface area (Å²) in [5, 5.41) is 3.78. The molecule has 3 aromatic rings. The zero-order valence-corrected chi connectivity index (χ0v) is 17.7. The van der Waals surface area contributed by atoms with Crippen LogP contribution in [-0.2, 0) is 10.2 Å². The van der Waals surface area contributed by atoms with Crippen LogP contribution in [0.1, 0.15) is 57.9 Å². The molecule has 0 bridgehead atoms. The van der Waals surface area contributed by atoms with Gasteiger partial charge in [0, 0.05) is 16.5 Å². The predicted molar refractivity (Wildman–Crippen MR) is 111 cm³/mol. The molecule has 0 spiro atoms. The number of anilines is 1. The van der Waals surface area contributed by atoms with Crippen molar-refractivity contribution in [1.29, 1.82) is 0 Å². The van der Waals surface area contributed by atoms with E-state index in [0.29, 0.717) is 16.1 Å². The van der Waals surface area contributed by atoms with Crippen molar-refractivity contribution in [3.63, 3.8) is 0 Å². The molecule has 0 radical (unpaired) electrons. The first-order valence-electron chi connectivity index (χ1n) is 8.89. The first kappa shape index (κ1) is 19.9. The van der Waals surface area contributed by atoms with E-state index in [1.54, 1.807) is 24.3 Å². The molecule has 28 heavy (non-hydrogen) atoms.